The third-order valence-corrected chi connectivity index (χ3v) is 6.39. The summed E-state index contributed by atoms with van der Waals surface area (Å²) in [4.78, 5) is 19.1. The Morgan fingerprint density at radius 3 is 2.93 bits per heavy atom. The summed E-state index contributed by atoms with van der Waals surface area (Å²) in [5.74, 6) is 4.40. The van der Waals surface area contributed by atoms with Crippen molar-refractivity contribution in [2.75, 3.05) is 23.3 Å². The van der Waals surface area contributed by atoms with E-state index >= 15 is 0 Å². The van der Waals surface area contributed by atoms with Crippen molar-refractivity contribution in [1.82, 2.24) is 24.9 Å². The van der Waals surface area contributed by atoms with Crippen LogP contribution in [0, 0.1) is 12.8 Å². The standard InChI is InChI=1S/C19H21N7O2S/c1-12-20-6-8-26(12)17-5-4-16(22-23-17)25-7-2-3-13(9-25)18(27)21-19-14-10-29-11-15(14)24-28-19/h4-6,8,13H,2-3,7,9-11H2,1H3,(H,21,27). The lowest BCUT2D eigenvalue weighted by Gasteiger charge is -2.32. The minimum atomic E-state index is -0.129. The molecule has 1 saturated heterocycles. The van der Waals surface area contributed by atoms with Crippen LogP contribution in [0.2, 0.25) is 0 Å². The average molecular weight is 411 g/mol. The van der Waals surface area contributed by atoms with Crippen LogP contribution in [0.1, 0.15) is 29.9 Å². The molecule has 1 N–H and O–H groups in total. The van der Waals surface area contributed by atoms with E-state index in [1.165, 1.54) is 0 Å². The number of rotatable bonds is 4. The van der Waals surface area contributed by atoms with Gasteiger partial charge in [-0.25, -0.2) is 4.98 Å². The summed E-state index contributed by atoms with van der Waals surface area (Å²) in [5.41, 5.74) is 1.96. The molecule has 3 aromatic heterocycles. The van der Waals surface area contributed by atoms with E-state index in [0.717, 1.165) is 59.6 Å². The lowest BCUT2D eigenvalue weighted by molar-refractivity contribution is -0.120. The molecule has 0 radical (unpaired) electrons. The number of carbonyl (C=O) groups excluding carboxylic acids is 1. The van der Waals surface area contributed by atoms with Crippen molar-refractivity contribution >= 4 is 29.4 Å². The van der Waals surface area contributed by atoms with Gasteiger partial charge in [0.05, 0.1) is 17.2 Å². The lowest BCUT2D eigenvalue weighted by Crippen LogP contribution is -2.41. The summed E-state index contributed by atoms with van der Waals surface area (Å²) in [7, 11) is 0. The van der Waals surface area contributed by atoms with Crippen LogP contribution >= 0.6 is 11.8 Å². The summed E-state index contributed by atoms with van der Waals surface area (Å²) in [6.07, 6.45) is 5.36. The molecule has 5 heterocycles. The molecule has 2 aliphatic heterocycles. The molecule has 0 spiro atoms. The maximum absolute atomic E-state index is 12.8. The molecular weight excluding hydrogens is 390 g/mol. The zero-order chi connectivity index (χ0) is 19.8. The molecule has 9 nitrogen and oxygen atoms in total. The zero-order valence-electron chi connectivity index (χ0n) is 16.0. The highest BCUT2D eigenvalue weighted by Crippen LogP contribution is 2.35. The van der Waals surface area contributed by atoms with Gasteiger partial charge in [-0.05, 0) is 31.9 Å². The van der Waals surface area contributed by atoms with Crippen LogP contribution in [-0.4, -0.2) is 43.9 Å². The quantitative estimate of drug-likeness (QED) is 0.699. The maximum atomic E-state index is 12.8. The molecular formula is C19H21N7O2S. The van der Waals surface area contributed by atoms with Gasteiger partial charge in [0.15, 0.2) is 11.6 Å². The predicted molar refractivity (Wildman–Crippen MR) is 109 cm³/mol. The van der Waals surface area contributed by atoms with Crippen molar-refractivity contribution in [2.45, 2.75) is 31.3 Å². The first-order valence-electron chi connectivity index (χ1n) is 9.64. The third kappa shape index (κ3) is 3.48. The summed E-state index contributed by atoms with van der Waals surface area (Å²) < 4.78 is 7.22. The molecule has 0 aromatic carbocycles. The van der Waals surface area contributed by atoms with E-state index in [2.05, 4.69) is 30.6 Å². The van der Waals surface area contributed by atoms with Crippen LogP contribution < -0.4 is 10.2 Å². The highest BCUT2D eigenvalue weighted by molar-refractivity contribution is 7.98. The van der Waals surface area contributed by atoms with Crippen LogP contribution in [0.3, 0.4) is 0 Å². The Balaban J connectivity index is 1.26. The Kier molecular flexibility index (Phi) is 4.70. The molecule has 1 amide bonds. The smallest absolute Gasteiger partial charge is 0.235 e. The van der Waals surface area contributed by atoms with Crippen LogP contribution in [0.25, 0.3) is 5.82 Å². The molecule has 1 atom stereocenters. The van der Waals surface area contributed by atoms with Gasteiger partial charge in [0.25, 0.3) is 0 Å². The van der Waals surface area contributed by atoms with Gasteiger partial charge in [0, 0.05) is 37.0 Å². The molecule has 5 rings (SSSR count). The lowest BCUT2D eigenvalue weighted by atomic mass is 9.97. The highest BCUT2D eigenvalue weighted by Gasteiger charge is 2.29. The molecule has 0 saturated carbocycles. The van der Waals surface area contributed by atoms with Crippen molar-refractivity contribution < 1.29 is 9.32 Å². The van der Waals surface area contributed by atoms with E-state index in [1.807, 2.05) is 29.8 Å². The Morgan fingerprint density at radius 1 is 1.28 bits per heavy atom. The summed E-state index contributed by atoms with van der Waals surface area (Å²) in [5, 5.41) is 15.7. The summed E-state index contributed by atoms with van der Waals surface area (Å²) in [6.45, 7) is 3.39. The average Bonchev–Trinajstić information content (AvgIpc) is 3.47. The second kappa shape index (κ2) is 7.51. The van der Waals surface area contributed by atoms with Gasteiger partial charge in [-0.2, -0.15) is 11.8 Å². The zero-order valence-corrected chi connectivity index (χ0v) is 16.9. The Hall–Kier alpha value is -2.88. The SMILES string of the molecule is Cc1nccn1-c1ccc(N2CCCC(C(=O)Nc3onc4c3CSC4)C2)nn1. The van der Waals surface area contributed by atoms with E-state index in [9.17, 15) is 4.79 Å². The van der Waals surface area contributed by atoms with Gasteiger partial charge in [-0.3, -0.25) is 14.7 Å². The van der Waals surface area contributed by atoms with Gasteiger partial charge in [-0.15, -0.1) is 10.2 Å². The van der Waals surface area contributed by atoms with Gasteiger partial charge < -0.3 is 9.42 Å². The molecule has 1 unspecified atom stereocenters. The Labute approximate surface area is 171 Å². The highest BCUT2D eigenvalue weighted by atomic mass is 32.2. The van der Waals surface area contributed by atoms with E-state index in [0.29, 0.717) is 12.4 Å². The van der Waals surface area contributed by atoms with Gasteiger partial charge in [-0.1, -0.05) is 5.16 Å². The number of anilines is 2. The number of piperidine rings is 1. The van der Waals surface area contributed by atoms with Crippen LogP contribution in [0.5, 0.6) is 0 Å². The van der Waals surface area contributed by atoms with E-state index in [1.54, 1.807) is 18.0 Å². The number of hydrogen-bond acceptors (Lipinski definition) is 8. The molecule has 1 fully saturated rings. The normalized spacial score (nSPS) is 18.7. The summed E-state index contributed by atoms with van der Waals surface area (Å²) >= 11 is 1.78. The predicted octanol–water partition coefficient (Wildman–Crippen LogP) is 2.56. The monoisotopic (exact) mass is 411 g/mol. The van der Waals surface area contributed by atoms with Crippen LogP contribution in [0.4, 0.5) is 11.7 Å². The van der Waals surface area contributed by atoms with Crippen molar-refractivity contribution in [3.63, 3.8) is 0 Å². The van der Waals surface area contributed by atoms with Crippen LogP contribution in [-0.2, 0) is 16.3 Å². The minimum Gasteiger partial charge on any atom is -0.354 e. The second-order valence-corrected chi connectivity index (χ2v) is 8.28. The summed E-state index contributed by atoms with van der Waals surface area (Å²) in [6, 6.07) is 3.87. The van der Waals surface area contributed by atoms with Crippen molar-refractivity contribution in [2.24, 2.45) is 5.92 Å². The Bertz CT molecular complexity index is 1030. The number of carbonyl (C=O) groups is 1. The number of aromatic nitrogens is 5. The van der Waals surface area contributed by atoms with Gasteiger partial charge >= 0.3 is 0 Å². The fourth-order valence-corrected chi connectivity index (χ4v) is 4.83. The molecule has 3 aromatic rings. The van der Waals surface area contributed by atoms with Crippen molar-refractivity contribution in [3.8, 4) is 5.82 Å². The number of nitrogens with one attached hydrogen (secondary N) is 1. The molecule has 150 valence electrons. The third-order valence-electron chi connectivity index (χ3n) is 5.42. The van der Waals surface area contributed by atoms with Gasteiger partial charge in [0.2, 0.25) is 11.8 Å². The van der Waals surface area contributed by atoms with E-state index < -0.39 is 0 Å². The number of imidazole rings is 1. The Morgan fingerprint density at radius 2 is 2.14 bits per heavy atom. The number of fused-ring (bicyclic) bond motifs is 1. The number of hydrogen-bond donors (Lipinski definition) is 1. The fraction of sp³-hybridized carbons (Fsp3) is 0.421. The minimum absolute atomic E-state index is 0.0239. The topological polar surface area (TPSA) is 102 Å². The van der Waals surface area contributed by atoms with Crippen molar-refractivity contribution in [1.29, 1.82) is 0 Å². The van der Waals surface area contributed by atoms with E-state index in [-0.39, 0.29) is 11.8 Å². The number of thioether (sulfide) groups is 1. The largest absolute Gasteiger partial charge is 0.354 e. The maximum Gasteiger partial charge on any atom is 0.235 e. The molecule has 2 aliphatic rings. The van der Waals surface area contributed by atoms with Crippen molar-refractivity contribution in [3.05, 3.63) is 41.6 Å². The second-order valence-electron chi connectivity index (χ2n) is 7.30. The fourth-order valence-electron chi connectivity index (χ4n) is 3.80. The van der Waals surface area contributed by atoms with E-state index in [4.69, 9.17) is 4.52 Å². The number of aryl methyl sites for hydroxylation is 1. The number of amides is 1. The van der Waals surface area contributed by atoms with Crippen LogP contribution in [0.15, 0.2) is 29.0 Å². The molecule has 29 heavy (non-hydrogen) atoms. The number of nitrogens with zero attached hydrogens (tertiary/aromatic N) is 6. The molecule has 0 bridgehead atoms. The molecule has 0 aliphatic carbocycles. The first kappa shape index (κ1) is 18.2. The van der Waals surface area contributed by atoms with Gasteiger partial charge in [0.1, 0.15) is 5.82 Å². The molecule has 10 heteroatoms. The first-order chi connectivity index (χ1) is 14.2. The first-order valence-corrected chi connectivity index (χ1v) is 10.8.